The second-order valence-electron chi connectivity index (χ2n) is 6.47. The Bertz CT molecular complexity index is 918. The first-order valence-electron chi connectivity index (χ1n) is 9.26. The average molecular weight is 419 g/mol. The molecule has 1 aliphatic rings. The fraction of sp³-hybridized carbons (Fsp3) is 0.333. The van der Waals surface area contributed by atoms with E-state index in [4.69, 9.17) is 25.8 Å². The highest BCUT2D eigenvalue weighted by Crippen LogP contribution is 2.38. The van der Waals surface area contributed by atoms with Crippen LogP contribution in [0.1, 0.15) is 23.7 Å². The van der Waals surface area contributed by atoms with Gasteiger partial charge in [0.1, 0.15) is 5.75 Å². The second kappa shape index (κ2) is 9.05. The summed E-state index contributed by atoms with van der Waals surface area (Å²) in [4.78, 5) is 27.3. The number of nitrogens with zero attached hydrogens (tertiary/aromatic N) is 1. The lowest BCUT2D eigenvalue weighted by atomic mass is 10.1. The number of carbonyl (C=O) groups excluding carboxylic acids is 2. The number of hydrogen-bond donors (Lipinski definition) is 1. The zero-order valence-corrected chi connectivity index (χ0v) is 17.3. The van der Waals surface area contributed by atoms with Gasteiger partial charge in [0.05, 0.1) is 31.5 Å². The predicted molar refractivity (Wildman–Crippen MR) is 110 cm³/mol. The van der Waals surface area contributed by atoms with Gasteiger partial charge in [0.25, 0.3) is 11.8 Å². The van der Waals surface area contributed by atoms with E-state index in [1.54, 1.807) is 24.3 Å². The van der Waals surface area contributed by atoms with Crippen LogP contribution in [0.15, 0.2) is 36.4 Å². The molecule has 2 aromatic carbocycles. The summed E-state index contributed by atoms with van der Waals surface area (Å²) in [6.07, 6.45) is -0.00187. The number of halogens is 1. The van der Waals surface area contributed by atoms with E-state index in [0.29, 0.717) is 35.0 Å². The number of anilines is 1. The summed E-state index contributed by atoms with van der Waals surface area (Å²) in [7, 11) is 2.95. The van der Waals surface area contributed by atoms with Crippen LogP contribution in [-0.2, 0) is 4.79 Å². The number of methoxy groups -OCH3 is 2. The molecule has 2 amide bonds. The maximum absolute atomic E-state index is 13.3. The molecule has 0 aliphatic carbocycles. The number of amides is 2. The molecule has 8 heteroatoms. The van der Waals surface area contributed by atoms with Crippen molar-refractivity contribution in [2.75, 3.05) is 32.2 Å². The highest BCUT2D eigenvalue weighted by Gasteiger charge is 2.34. The van der Waals surface area contributed by atoms with Crippen LogP contribution >= 0.6 is 11.6 Å². The Balaban J connectivity index is 1.96. The molecule has 2 aromatic rings. The number of carbonyl (C=O) groups is 2. The largest absolute Gasteiger partial charge is 0.493 e. The molecule has 0 aromatic heterocycles. The van der Waals surface area contributed by atoms with Gasteiger partial charge in [-0.2, -0.15) is 0 Å². The summed E-state index contributed by atoms with van der Waals surface area (Å²) in [6.45, 7) is 2.59. The van der Waals surface area contributed by atoms with E-state index in [9.17, 15) is 9.59 Å². The molecule has 29 heavy (non-hydrogen) atoms. The van der Waals surface area contributed by atoms with Gasteiger partial charge in [-0.25, -0.2) is 0 Å². The highest BCUT2D eigenvalue weighted by atomic mass is 35.5. The van der Waals surface area contributed by atoms with Gasteiger partial charge in [-0.15, -0.1) is 0 Å². The molecule has 1 N–H and O–H groups in total. The van der Waals surface area contributed by atoms with E-state index in [1.807, 2.05) is 13.0 Å². The first kappa shape index (κ1) is 20.8. The van der Waals surface area contributed by atoms with Gasteiger partial charge >= 0.3 is 0 Å². The number of benzene rings is 2. The third-order valence-corrected chi connectivity index (χ3v) is 4.82. The molecular weight excluding hydrogens is 396 g/mol. The van der Waals surface area contributed by atoms with Crippen molar-refractivity contribution in [3.8, 4) is 17.2 Å². The summed E-state index contributed by atoms with van der Waals surface area (Å²) in [5, 5.41) is 3.07. The molecule has 0 radical (unpaired) electrons. The smallest absolute Gasteiger partial charge is 0.262 e. The van der Waals surface area contributed by atoms with Gasteiger partial charge < -0.3 is 24.4 Å². The van der Waals surface area contributed by atoms with E-state index >= 15 is 0 Å². The van der Waals surface area contributed by atoms with Crippen LogP contribution in [0.5, 0.6) is 17.2 Å². The first-order valence-corrected chi connectivity index (χ1v) is 9.64. The maximum Gasteiger partial charge on any atom is 0.262 e. The molecule has 0 bridgehead atoms. The van der Waals surface area contributed by atoms with Crippen molar-refractivity contribution in [3.63, 3.8) is 0 Å². The fourth-order valence-corrected chi connectivity index (χ4v) is 3.41. The van der Waals surface area contributed by atoms with Crippen LogP contribution in [0, 0.1) is 0 Å². The number of ether oxygens (including phenoxy) is 3. The lowest BCUT2D eigenvalue weighted by Crippen LogP contribution is -2.50. The monoisotopic (exact) mass is 418 g/mol. The zero-order valence-electron chi connectivity index (χ0n) is 16.5. The molecule has 0 saturated carbocycles. The molecule has 1 atom stereocenters. The van der Waals surface area contributed by atoms with E-state index in [2.05, 4.69) is 5.32 Å². The van der Waals surface area contributed by atoms with Gasteiger partial charge in [-0.3, -0.25) is 9.59 Å². The molecule has 3 rings (SSSR count). The molecule has 0 unspecified atom stereocenters. The topological polar surface area (TPSA) is 77.1 Å². The Morgan fingerprint density at radius 1 is 1.24 bits per heavy atom. The van der Waals surface area contributed by atoms with Gasteiger partial charge in [0.15, 0.2) is 17.6 Å². The minimum absolute atomic E-state index is 0.0807. The molecule has 154 valence electrons. The zero-order chi connectivity index (χ0) is 21.0. The van der Waals surface area contributed by atoms with Crippen molar-refractivity contribution in [3.05, 3.63) is 47.0 Å². The Morgan fingerprint density at radius 3 is 2.69 bits per heavy atom. The molecule has 0 spiro atoms. The van der Waals surface area contributed by atoms with Crippen molar-refractivity contribution < 1.29 is 23.8 Å². The number of para-hydroxylation sites is 2. The van der Waals surface area contributed by atoms with Crippen LogP contribution in [0.3, 0.4) is 0 Å². The van der Waals surface area contributed by atoms with Gasteiger partial charge in [-0.1, -0.05) is 30.7 Å². The highest BCUT2D eigenvalue weighted by molar-refractivity contribution is 6.33. The SMILES string of the molecule is CCCNC(=O)[C@H]1CN(C(=O)c2cc(Cl)c(OC)c(OC)c2)c2ccccc2O1. The van der Waals surface area contributed by atoms with Gasteiger partial charge in [0, 0.05) is 12.1 Å². The normalized spacial score (nSPS) is 15.2. The summed E-state index contributed by atoms with van der Waals surface area (Å²) >= 11 is 6.27. The summed E-state index contributed by atoms with van der Waals surface area (Å²) in [5.74, 6) is 0.587. The third kappa shape index (κ3) is 4.24. The maximum atomic E-state index is 13.3. The first-order chi connectivity index (χ1) is 14.0. The average Bonchev–Trinajstić information content (AvgIpc) is 2.75. The summed E-state index contributed by atoms with van der Waals surface area (Å²) in [6, 6.07) is 10.2. The Kier molecular flexibility index (Phi) is 6.49. The van der Waals surface area contributed by atoms with E-state index in [0.717, 1.165) is 6.42 Å². The van der Waals surface area contributed by atoms with Crippen LogP contribution in [0.2, 0.25) is 5.02 Å². The Hall–Kier alpha value is -2.93. The Labute approximate surface area is 174 Å². The molecule has 1 aliphatic heterocycles. The van der Waals surface area contributed by atoms with Crippen LogP contribution in [0.25, 0.3) is 0 Å². The Morgan fingerprint density at radius 2 is 2.00 bits per heavy atom. The van der Waals surface area contributed by atoms with Crippen molar-refractivity contribution in [2.45, 2.75) is 19.4 Å². The number of fused-ring (bicyclic) bond motifs is 1. The van der Waals surface area contributed by atoms with Crippen LogP contribution in [-0.4, -0.2) is 45.2 Å². The minimum atomic E-state index is -0.809. The van der Waals surface area contributed by atoms with Crippen LogP contribution in [0.4, 0.5) is 5.69 Å². The standard InChI is InChI=1S/C21H23ClN2O5/c1-4-9-23-20(25)18-12-24(15-7-5-6-8-16(15)29-18)21(26)13-10-14(22)19(28-3)17(11-13)27-2/h5-8,10-11,18H,4,9,12H2,1-3H3,(H,23,25)/t18-/m1/s1. The van der Waals surface area contributed by atoms with Crippen molar-refractivity contribution in [1.29, 1.82) is 0 Å². The van der Waals surface area contributed by atoms with Crippen LogP contribution < -0.4 is 24.4 Å². The van der Waals surface area contributed by atoms with Crippen molar-refractivity contribution in [1.82, 2.24) is 5.32 Å². The van der Waals surface area contributed by atoms with E-state index in [1.165, 1.54) is 25.2 Å². The third-order valence-electron chi connectivity index (χ3n) is 4.54. The quantitative estimate of drug-likeness (QED) is 0.778. The second-order valence-corrected chi connectivity index (χ2v) is 6.88. The van der Waals surface area contributed by atoms with Gasteiger partial charge in [0.2, 0.25) is 0 Å². The number of rotatable bonds is 6. The molecular formula is C21H23ClN2O5. The van der Waals surface area contributed by atoms with E-state index in [-0.39, 0.29) is 23.4 Å². The summed E-state index contributed by atoms with van der Waals surface area (Å²) < 4.78 is 16.4. The predicted octanol–water partition coefficient (Wildman–Crippen LogP) is 3.29. The van der Waals surface area contributed by atoms with Gasteiger partial charge in [-0.05, 0) is 30.7 Å². The number of hydrogen-bond acceptors (Lipinski definition) is 5. The summed E-state index contributed by atoms with van der Waals surface area (Å²) in [5.41, 5.74) is 0.903. The molecule has 0 saturated heterocycles. The van der Waals surface area contributed by atoms with Crippen molar-refractivity contribution >= 4 is 29.1 Å². The van der Waals surface area contributed by atoms with Crippen molar-refractivity contribution in [2.24, 2.45) is 0 Å². The molecule has 0 fully saturated rings. The van der Waals surface area contributed by atoms with E-state index < -0.39 is 6.10 Å². The number of nitrogens with one attached hydrogen (secondary N) is 1. The lowest BCUT2D eigenvalue weighted by molar-refractivity contribution is -0.127. The minimum Gasteiger partial charge on any atom is -0.493 e. The lowest BCUT2D eigenvalue weighted by Gasteiger charge is -2.34. The molecule has 7 nitrogen and oxygen atoms in total. The fourth-order valence-electron chi connectivity index (χ4n) is 3.12. The molecule has 1 heterocycles.